The third-order valence-electron chi connectivity index (χ3n) is 2.79. The molecule has 1 atom stereocenters. The predicted molar refractivity (Wildman–Crippen MR) is 67.4 cm³/mol. The normalized spacial score (nSPS) is 17.2. The minimum atomic E-state index is -0.356. The highest BCUT2D eigenvalue weighted by molar-refractivity contribution is 9.10. The largest absolute Gasteiger partial charge is 0.501 e. The Morgan fingerprint density at radius 3 is 2.88 bits per heavy atom. The van der Waals surface area contributed by atoms with Crippen molar-refractivity contribution in [3.8, 4) is 0 Å². The van der Waals surface area contributed by atoms with E-state index in [1.165, 1.54) is 6.07 Å². The van der Waals surface area contributed by atoms with Crippen LogP contribution in [-0.4, -0.2) is 6.61 Å². The van der Waals surface area contributed by atoms with Gasteiger partial charge in [-0.15, -0.1) is 0 Å². The second kappa shape index (κ2) is 5.62. The van der Waals surface area contributed by atoms with Crippen LogP contribution in [0.3, 0.4) is 0 Å². The van der Waals surface area contributed by atoms with Gasteiger partial charge in [0, 0.05) is 10.0 Å². The van der Waals surface area contributed by atoms with Crippen molar-refractivity contribution in [1.82, 2.24) is 5.43 Å². The summed E-state index contributed by atoms with van der Waals surface area (Å²) >= 11 is 3.35. The molecule has 1 heterocycles. The first-order chi connectivity index (χ1) is 8.24. The van der Waals surface area contributed by atoms with Gasteiger partial charge in [0.15, 0.2) is 0 Å². The molecule has 3 nitrogen and oxygen atoms in total. The lowest BCUT2D eigenvalue weighted by molar-refractivity contribution is 0.219. The second-order valence-corrected chi connectivity index (χ2v) is 4.76. The van der Waals surface area contributed by atoms with Gasteiger partial charge in [-0.3, -0.25) is 5.84 Å². The molecule has 17 heavy (non-hydrogen) atoms. The SMILES string of the molecule is NNC(C1=COCCC1)c1c(F)cccc1Br. The molecule has 1 aliphatic rings. The molecule has 0 amide bonds. The average Bonchev–Trinajstić information content (AvgIpc) is 2.35. The Morgan fingerprint density at radius 2 is 2.29 bits per heavy atom. The van der Waals surface area contributed by atoms with Gasteiger partial charge in [0.05, 0.1) is 18.9 Å². The molecule has 2 rings (SSSR count). The van der Waals surface area contributed by atoms with E-state index in [2.05, 4.69) is 21.4 Å². The molecule has 5 heteroatoms. The molecule has 0 spiro atoms. The van der Waals surface area contributed by atoms with Crippen LogP contribution < -0.4 is 11.3 Å². The van der Waals surface area contributed by atoms with Crippen molar-refractivity contribution in [2.75, 3.05) is 6.61 Å². The minimum Gasteiger partial charge on any atom is -0.501 e. The summed E-state index contributed by atoms with van der Waals surface area (Å²) in [6, 6.07) is 4.52. The van der Waals surface area contributed by atoms with Crippen LogP contribution in [0.2, 0.25) is 0 Å². The summed E-state index contributed by atoms with van der Waals surface area (Å²) in [5, 5.41) is 0. The fraction of sp³-hybridized carbons (Fsp3) is 0.333. The van der Waals surface area contributed by atoms with E-state index >= 15 is 0 Å². The quantitative estimate of drug-likeness (QED) is 0.666. The van der Waals surface area contributed by atoms with Gasteiger partial charge in [0.1, 0.15) is 5.82 Å². The van der Waals surface area contributed by atoms with Gasteiger partial charge in [0.25, 0.3) is 0 Å². The van der Waals surface area contributed by atoms with Crippen molar-refractivity contribution >= 4 is 15.9 Å². The van der Waals surface area contributed by atoms with Crippen LogP contribution in [-0.2, 0) is 4.74 Å². The molecule has 92 valence electrons. The maximum absolute atomic E-state index is 13.8. The lowest BCUT2D eigenvalue weighted by Crippen LogP contribution is -2.31. The molecule has 1 aromatic rings. The van der Waals surface area contributed by atoms with Crippen molar-refractivity contribution in [3.05, 3.63) is 45.9 Å². The van der Waals surface area contributed by atoms with Crippen LogP contribution in [0, 0.1) is 5.82 Å². The fourth-order valence-corrected chi connectivity index (χ4v) is 2.53. The number of ether oxygens (including phenoxy) is 1. The third-order valence-corrected chi connectivity index (χ3v) is 3.48. The lowest BCUT2D eigenvalue weighted by atomic mass is 9.95. The highest BCUT2D eigenvalue weighted by Crippen LogP contribution is 2.33. The first-order valence-electron chi connectivity index (χ1n) is 5.44. The van der Waals surface area contributed by atoms with E-state index in [4.69, 9.17) is 10.6 Å². The Hall–Kier alpha value is -0.910. The highest BCUT2D eigenvalue weighted by Gasteiger charge is 2.22. The van der Waals surface area contributed by atoms with Crippen molar-refractivity contribution in [2.45, 2.75) is 18.9 Å². The Balaban J connectivity index is 2.38. The van der Waals surface area contributed by atoms with E-state index in [9.17, 15) is 4.39 Å². The summed E-state index contributed by atoms with van der Waals surface area (Å²) in [6.07, 6.45) is 3.46. The molecule has 1 aliphatic heterocycles. The number of hydrazine groups is 1. The number of benzene rings is 1. The fourth-order valence-electron chi connectivity index (χ4n) is 1.96. The summed E-state index contributed by atoms with van der Waals surface area (Å²) in [6.45, 7) is 0.708. The molecule has 0 radical (unpaired) electrons. The maximum atomic E-state index is 13.8. The van der Waals surface area contributed by atoms with Crippen molar-refractivity contribution in [3.63, 3.8) is 0 Å². The Kier molecular flexibility index (Phi) is 4.15. The zero-order valence-corrected chi connectivity index (χ0v) is 10.8. The van der Waals surface area contributed by atoms with E-state index in [-0.39, 0.29) is 11.9 Å². The molecule has 1 unspecified atom stereocenters. The summed E-state index contributed by atoms with van der Waals surface area (Å²) < 4.78 is 19.8. The molecule has 0 aliphatic carbocycles. The molecule has 0 bridgehead atoms. The number of hydrogen-bond donors (Lipinski definition) is 2. The van der Waals surface area contributed by atoms with Crippen molar-refractivity contribution in [1.29, 1.82) is 0 Å². The van der Waals surface area contributed by atoms with Crippen LogP contribution in [0.25, 0.3) is 0 Å². The number of nitrogens with two attached hydrogens (primary N) is 1. The first kappa shape index (κ1) is 12.5. The zero-order chi connectivity index (χ0) is 12.3. The van der Waals surface area contributed by atoms with Crippen LogP contribution in [0.15, 0.2) is 34.5 Å². The molecular formula is C12H14BrFN2O. The Labute approximate surface area is 108 Å². The molecule has 3 N–H and O–H groups in total. The van der Waals surface area contributed by atoms with Crippen molar-refractivity contribution in [2.24, 2.45) is 5.84 Å². The van der Waals surface area contributed by atoms with E-state index in [1.54, 1.807) is 18.4 Å². The summed E-state index contributed by atoms with van der Waals surface area (Å²) in [5.74, 6) is 5.26. The first-order valence-corrected chi connectivity index (χ1v) is 6.24. The van der Waals surface area contributed by atoms with Gasteiger partial charge in [-0.2, -0.15) is 0 Å². The molecule has 0 saturated carbocycles. The summed E-state index contributed by atoms with van der Waals surface area (Å²) in [4.78, 5) is 0. The topological polar surface area (TPSA) is 47.3 Å². The van der Waals surface area contributed by atoms with Gasteiger partial charge in [-0.1, -0.05) is 22.0 Å². The maximum Gasteiger partial charge on any atom is 0.129 e. The standard InChI is InChI=1S/C12H14BrFN2O/c13-9-4-1-5-10(14)11(9)12(16-15)8-3-2-6-17-7-8/h1,4-5,7,12,16H,2-3,6,15H2. The van der Waals surface area contributed by atoms with Crippen LogP contribution in [0.5, 0.6) is 0 Å². The Bertz CT molecular complexity index is 416. The molecule has 0 aromatic heterocycles. The molecular weight excluding hydrogens is 287 g/mol. The van der Waals surface area contributed by atoms with Crippen molar-refractivity contribution < 1.29 is 9.13 Å². The number of nitrogens with one attached hydrogen (secondary N) is 1. The summed E-state index contributed by atoms with van der Waals surface area (Å²) in [5.41, 5.74) is 4.13. The third kappa shape index (κ3) is 2.68. The van der Waals surface area contributed by atoms with Gasteiger partial charge < -0.3 is 4.74 Å². The van der Waals surface area contributed by atoms with E-state index in [0.717, 1.165) is 18.4 Å². The van der Waals surface area contributed by atoms with Gasteiger partial charge in [-0.25, -0.2) is 9.82 Å². The predicted octanol–water partition coefficient (Wildman–Crippen LogP) is 2.79. The molecule has 1 aromatic carbocycles. The van der Waals surface area contributed by atoms with Gasteiger partial charge >= 0.3 is 0 Å². The van der Waals surface area contributed by atoms with Crippen LogP contribution in [0.1, 0.15) is 24.4 Å². The minimum absolute atomic E-state index is 0.284. The Morgan fingerprint density at radius 1 is 1.47 bits per heavy atom. The van der Waals surface area contributed by atoms with Gasteiger partial charge in [-0.05, 0) is 30.5 Å². The highest BCUT2D eigenvalue weighted by atomic mass is 79.9. The van der Waals surface area contributed by atoms with Crippen LogP contribution in [0.4, 0.5) is 4.39 Å². The van der Waals surface area contributed by atoms with E-state index < -0.39 is 0 Å². The lowest BCUT2D eigenvalue weighted by Gasteiger charge is -2.24. The smallest absolute Gasteiger partial charge is 0.129 e. The second-order valence-electron chi connectivity index (χ2n) is 3.90. The van der Waals surface area contributed by atoms with Gasteiger partial charge in [0.2, 0.25) is 0 Å². The number of hydrogen-bond acceptors (Lipinski definition) is 3. The van der Waals surface area contributed by atoms with E-state index in [0.29, 0.717) is 16.6 Å². The molecule has 0 fully saturated rings. The molecule has 0 saturated heterocycles. The average molecular weight is 301 g/mol. The van der Waals surface area contributed by atoms with Crippen LogP contribution >= 0.6 is 15.9 Å². The number of halogens is 2. The summed E-state index contributed by atoms with van der Waals surface area (Å²) in [7, 11) is 0. The monoisotopic (exact) mass is 300 g/mol. The van der Waals surface area contributed by atoms with E-state index in [1.807, 2.05) is 0 Å². The number of rotatable bonds is 3. The zero-order valence-electron chi connectivity index (χ0n) is 9.25.